The Hall–Kier alpha value is -1.36. The maximum absolute atomic E-state index is 11.6. The molecule has 1 saturated heterocycles. The van der Waals surface area contributed by atoms with Gasteiger partial charge >= 0.3 is 0 Å². The lowest BCUT2D eigenvalue weighted by Crippen LogP contribution is -2.31. The molecule has 1 fully saturated rings. The second kappa shape index (κ2) is 5.12. The number of amides is 1. The van der Waals surface area contributed by atoms with Crippen molar-refractivity contribution in [2.75, 3.05) is 6.54 Å². The fourth-order valence-corrected chi connectivity index (χ4v) is 1.92. The molecule has 0 saturated carbocycles. The Morgan fingerprint density at radius 2 is 2.62 bits per heavy atom. The number of nitrogens with one attached hydrogen (secondary N) is 2. The van der Waals surface area contributed by atoms with Crippen LogP contribution in [0.15, 0.2) is 10.6 Å². The molecule has 0 radical (unpaired) electrons. The molecular weight excluding hydrogens is 206 g/mol. The van der Waals surface area contributed by atoms with Gasteiger partial charge in [0.1, 0.15) is 11.5 Å². The molecule has 88 valence electrons. The standard InChI is InChI=1S/C11H17N3O2/c1-8-5-10(14-16-8)7-13-11(15)6-9-3-2-4-12-9/h5,9,12H,2-4,6-7H2,1H3,(H,13,15). The van der Waals surface area contributed by atoms with Gasteiger partial charge in [0, 0.05) is 18.5 Å². The Morgan fingerprint density at radius 1 is 1.75 bits per heavy atom. The molecule has 1 aromatic rings. The van der Waals surface area contributed by atoms with E-state index in [9.17, 15) is 4.79 Å². The summed E-state index contributed by atoms with van der Waals surface area (Å²) in [5.74, 6) is 0.835. The Balaban J connectivity index is 1.71. The van der Waals surface area contributed by atoms with Gasteiger partial charge in [0.25, 0.3) is 0 Å². The topological polar surface area (TPSA) is 67.2 Å². The van der Waals surface area contributed by atoms with Gasteiger partial charge in [0.2, 0.25) is 5.91 Å². The second-order valence-electron chi connectivity index (χ2n) is 4.20. The molecule has 0 spiro atoms. The fraction of sp³-hybridized carbons (Fsp3) is 0.636. The number of nitrogens with zero attached hydrogens (tertiary/aromatic N) is 1. The molecule has 1 unspecified atom stereocenters. The molecule has 0 aromatic carbocycles. The zero-order valence-electron chi connectivity index (χ0n) is 9.45. The Bertz CT molecular complexity index is 356. The number of aryl methyl sites for hydroxylation is 1. The number of carbonyl (C=O) groups excluding carboxylic acids is 1. The van der Waals surface area contributed by atoms with Crippen molar-refractivity contribution < 1.29 is 9.32 Å². The highest BCUT2D eigenvalue weighted by Gasteiger charge is 2.17. The average molecular weight is 223 g/mol. The third-order valence-corrected chi connectivity index (χ3v) is 2.74. The summed E-state index contributed by atoms with van der Waals surface area (Å²) in [7, 11) is 0. The normalized spacial score (nSPS) is 19.9. The quantitative estimate of drug-likeness (QED) is 0.790. The Labute approximate surface area is 94.6 Å². The van der Waals surface area contributed by atoms with Crippen LogP contribution in [0.4, 0.5) is 0 Å². The predicted molar refractivity (Wildman–Crippen MR) is 58.7 cm³/mol. The number of aromatic nitrogens is 1. The molecule has 5 heteroatoms. The van der Waals surface area contributed by atoms with Gasteiger partial charge in [-0.1, -0.05) is 5.16 Å². The third kappa shape index (κ3) is 3.06. The maximum atomic E-state index is 11.6. The van der Waals surface area contributed by atoms with Gasteiger partial charge in [-0.05, 0) is 26.3 Å². The first kappa shape index (κ1) is 11.1. The molecule has 2 rings (SSSR count). The minimum absolute atomic E-state index is 0.0695. The van der Waals surface area contributed by atoms with Gasteiger partial charge in [-0.15, -0.1) is 0 Å². The number of hydrogen-bond acceptors (Lipinski definition) is 4. The number of hydrogen-bond donors (Lipinski definition) is 2. The van der Waals surface area contributed by atoms with E-state index in [0.717, 1.165) is 24.4 Å². The smallest absolute Gasteiger partial charge is 0.221 e. The number of rotatable bonds is 4. The molecule has 1 aliphatic heterocycles. The largest absolute Gasteiger partial charge is 0.361 e. The van der Waals surface area contributed by atoms with Crippen molar-refractivity contribution in [3.63, 3.8) is 0 Å². The first-order chi connectivity index (χ1) is 7.74. The van der Waals surface area contributed by atoms with Gasteiger partial charge in [0.05, 0.1) is 6.54 Å². The van der Waals surface area contributed by atoms with Crippen molar-refractivity contribution in [3.05, 3.63) is 17.5 Å². The van der Waals surface area contributed by atoms with E-state index < -0.39 is 0 Å². The van der Waals surface area contributed by atoms with Crippen LogP contribution in [0.2, 0.25) is 0 Å². The van der Waals surface area contributed by atoms with E-state index in [1.165, 1.54) is 6.42 Å². The summed E-state index contributed by atoms with van der Waals surface area (Å²) >= 11 is 0. The molecule has 1 atom stereocenters. The van der Waals surface area contributed by atoms with Crippen LogP contribution in [-0.2, 0) is 11.3 Å². The van der Waals surface area contributed by atoms with Crippen molar-refractivity contribution in [1.82, 2.24) is 15.8 Å². The van der Waals surface area contributed by atoms with Crippen molar-refractivity contribution in [1.29, 1.82) is 0 Å². The highest BCUT2D eigenvalue weighted by Crippen LogP contribution is 2.08. The van der Waals surface area contributed by atoms with E-state index in [4.69, 9.17) is 4.52 Å². The Kier molecular flexibility index (Phi) is 3.56. The van der Waals surface area contributed by atoms with Crippen LogP contribution in [0.1, 0.15) is 30.7 Å². The van der Waals surface area contributed by atoms with Crippen LogP contribution in [0, 0.1) is 6.92 Å². The van der Waals surface area contributed by atoms with E-state index >= 15 is 0 Å². The minimum atomic E-state index is 0.0695. The second-order valence-corrected chi connectivity index (χ2v) is 4.20. The van der Waals surface area contributed by atoms with Crippen LogP contribution in [0.25, 0.3) is 0 Å². The summed E-state index contributed by atoms with van der Waals surface area (Å²) < 4.78 is 4.92. The van der Waals surface area contributed by atoms with Crippen LogP contribution in [-0.4, -0.2) is 23.7 Å². The van der Waals surface area contributed by atoms with E-state index in [-0.39, 0.29) is 5.91 Å². The van der Waals surface area contributed by atoms with Crippen molar-refractivity contribution in [3.8, 4) is 0 Å². The van der Waals surface area contributed by atoms with Crippen molar-refractivity contribution in [2.24, 2.45) is 0 Å². The van der Waals surface area contributed by atoms with Gasteiger partial charge < -0.3 is 15.2 Å². The lowest BCUT2D eigenvalue weighted by Gasteiger charge is -2.09. The molecule has 16 heavy (non-hydrogen) atoms. The van der Waals surface area contributed by atoms with E-state index in [2.05, 4.69) is 15.8 Å². The summed E-state index contributed by atoms with van der Waals surface area (Å²) in [6, 6.07) is 2.17. The fourth-order valence-electron chi connectivity index (χ4n) is 1.92. The minimum Gasteiger partial charge on any atom is -0.361 e. The zero-order valence-corrected chi connectivity index (χ0v) is 9.45. The zero-order chi connectivity index (χ0) is 11.4. The van der Waals surface area contributed by atoms with E-state index in [1.807, 2.05) is 13.0 Å². The highest BCUT2D eigenvalue weighted by molar-refractivity contribution is 5.76. The maximum Gasteiger partial charge on any atom is 0.221 e. The molecule has 2 heterocycles. The predicted octanol–water partition coefficient (Wildman–Crippen LogP) is 0.741. The van der Waals surface area contributed by atoms with Crippen LogP contribution < -0.4 is 10.6 Å². The van der Waals surface area contributed by atoms with Gasteiger partial charge in [-0.25, -0.2) is 0 Å². The highest BCUT2D eigenvalue weighted by atomic mass is 16.5. The molecule has 2 N–H and O–H groups in total. The average Bonchev–Trinajstić information content (AvgIpc) is 2.87. The lowest BCUT2D eigenvalue weighted by molar-refractivity contribution is -0.121. The SMILES string of the molecule is Cc1cc(CNC(=O)CC2CCCN2)no1. The molecule has 1 aliphatic rings. The van der Waals surface area contributed by atoms with Crippen molar-refractivity contribution >= 4 is 5.91 Å². The van der Waals surface area contributed by atoms with Crippen LogP contribution in [0.5, 0.6) is 0 Å². The molecule has 0 bridgehead atoms. The summed E-state index contributed by atoms with van der Waals surface area (Å²) in [4.78, 5) is 11.6. The first-order valence-electron chi connectivity index (χ1n) is 5.66. The van der Waals surface area contributed by atoms with Gasteiger partial charge in [-0.3, -0.25) is 4.79 Å². The van der Waals surface area contributed by atoms with E-state index in [0.29, 0.717) is 19.0 Å². The summed E-state index contributed by atoms with van der Waals surface area (Å²) in [5.41, 5.74) is 0.769. The monoisotopic (exact) mass is 223 g/mol. The lowest BCUT2D eigenvalue weighted by atomic mass is 10.1. The summed E-state index contributed by atoms with van der Waals surface area (Å²) in [6.07, 6.45) is 2.81. The summed E-state index contributed by atoms with van der Waals surface area (Å²) in [5, 5.41) is 9.95. The number of carbonyl (C=O) groups is 1. The molecule has 1 aromatic heterocycles. The van der Waals surface area contributed by atoms with Crippen LogP contribution >= 0.6 is 0 Å². The molecular formula is C11H17N3O2. The summed E-state index contributed by atoms with van der Waals surface area (Å²) in [6.45, 7) is 3.31. The molecule has 1 amide bonds. The first-order valence-corrected chi connectivity index (χ1v) is 5.66. The van der Waals surface area contributed by atoms with Gasteiger partial charge in [0.15, 0.2) is 0 Å². The molecule has 5 nitrogen and oxygen atoms in total. The van der Waals surface area contributed by atoms with Gasteiger partial charge in [-0.2, -0.15) is 0 Å². The van der Waals surface area contributed by atoms with Crippen LogP contribution in [0.3, 0.4) is 0 Å². The van der Waals surface area contributed by atoms with E-state index in [1.54, 1.807) is 0 Å². The van der Waals surface area contributed by atoms with Crippen molar-refractivity contribution in [2.45, 2.75) is 38.8 Å². The molecule has 0 aliphatic carbocycles. The third-order valence-electron chi connectivity index (χ3n) is 2.74. The Morgan fingerprint density at radius 3 is 3.25 bits per heavy atom.